The zero-order valence-electron chi connectivity index (χ0n) is 16.3. The minimum absolute atomic E-state index is 0.413. The Kier molecular flexibility index (Phi) is 5.11. The van der Waals surface area contributed by atoms with Crippen LogP contribution in [-0.2, 0) is 0 Å². The minimum Gasteiger partial charge on any atom is -0.492 e. The Morgan fingerprint density at radius 2 is 1.62 bits per heavy atom. The molecule has 2 aromatic carbocycles. The maximum Gasteiger partial charge on any atom is 0.159 e. The number of aromatic nitrogens is 3. The number of pyridine rings is 1. The first-order valence-corrected chi connectivity index (χ1v) is 9.38. The molecule has 29 heavy (non-hydrogen) atoms. The first-order valence-electron chi connectivity index (χ1n) is 9.38. The van der Waals surface area contributed by atoms with E-state index in [1.807, 2.05) is 68.4 Å². The molecule has 4 aromatic rings. The van der Waals surface area contributed by atoms with Gasteiger partial charge in [-0.15, -0.1) is 0 Å². The molecular weight excluding hydrogens is 364 g/mol. The summed E-state index contributed by atoms with van der Waals surface area (Å²) in [5.41, 5.74) is 10.3. The lowest BCUT2D eigenvalue weighted by Gasteiger charge is -2.15. The van der Waals surface area contributed by atoms with Crippen molar-refractivity contribution < 1.29 is 4.74 Å². The average Bonchev–Trinajstić information content (AvgIpc) is 2.72. The second-order valence-corrected chi connectivity index (χ2v) is 6.49. The largest absolute Gasteiger partial charge is 0.492 e. The number of fused-ring (bicyclic) bond motifs is 1. The van der Waals surface area contributed by atoms with E-state index < -0.39 is 0 Å². The maximum absolute atomic E-state index is 6.36. The Morgan fingerprint density at radius 1 is 0.897 bits per heavy atom. The lowest BCUT2D eigenvalue weighted by molar-refractivity contribution is 0.342. The van der Waals surface area contributed by atoms with E-state index in [1.54, 1.807) is 0 Å². The van der Waals surface area contributed by atoms with Gasteiger partial charge in [0.15, 0.2) is 11.6 Å². The number of rotatable bonds is 6. The Labute approximate surface area is 169 Å². The number of nitrogens with zero attached hydrogens (tertiary/aromatic N) is 3. The van der Waals surface area contributed by atoms with Crippen molar-refractivity contribution in [3.63, 3.8) is 0 Å². The number of para-hydroxylation sites is 2. The molecule has 0 unspecified atom stereocenters. The zero-order chi connectivity index (χ0) is 20.2. The third-order valence-electron chi connectivity index (χ3n) is 4.45. The molecule has 0 atom stereocenters. The molecule has 0 bridgehead atoms. The van der Waals surface area contributed by atoms with Crippen LogP contribution >= 0.6 is 0 Å². The average molecular weight is 386 g/mol. The molecule has 0 aliphatic heterocycles. The van der Waals surface area contributed by atoms with E-state index in [0.29, 0.717) is 23.9 Å². The van der Waals surface area contributed by atoms with Crippen LogP contribution in [0.5, 0.6) is 5.75 Å². The highest BCUT2D eigenvalue weighted by atomic mass is 16.5. The highest BCUT2D eigenvalue weighted by Gasteiger charge is 2.12. The number of aryl methyl sites for hydroxylation is 1. The number of nitrogens with two attached hydrogens (primary N) is 1. The van der Waals surface area contributed by atoms with E-state index in [2.05, 4.69) is 25.6 Å². The van der Waals surface area contributed by atoms with Gasteiger partial charge in [0.1, 0.15) is 17.8 Å². The van der Waals surface area contributed by atoms with Gasteiger partial charge in [-0.3, -0.25) is 4.98 Å². The summed E-state index contributed by atoms with van der Waals surface area (Å²) >= 11 is 0. The highest BCUT2D eigenvalue weighted by molar-refractivity contribution is 5.94. The first kappa shape index (κ1) is 18.5. The highest BCUT2D eigenvalue weighted by Crippen LogP contribution is 2.33. The molecule has 2 heterocycles. The maximum atomic E-state index is 6.36. The molecule has 0 radical (unpaired) electrons. The Balaban J connectivity index is 1.66. The number of nitrogens with one attached hydrogen (secondary N) is 2. The summed E-state index contributed by atoms with van der Waals surface area (Å²) in [7, 11) is 0. The molecule has 7 heteroatoms. The van der Waals surface area contributed by atoms with Crippen molar-refractivity contribution in [3.8, 4) is 5.75 Å². The van der Waals surface area contributed by atoms with Gasteiger partial charge < -0.3 is 21.1 Å². The van der Waals surface area contributed by atoms with Crippen molar-refractivity contribution in [3.05, 3.63) is 66.6 Å². The van der Waals surface area contributed by atoms with Gasteiger partial charge in [0, 0.05) is 16.8 Å². The molecule has 0 saturated carbocycles. The van der Waals surface area contributed by atoms with Crippen LogP contribution in [0.15, 0.2) is 60.9 Å². The molecule has 4 N–H and O–H groups in total. The minimum atomic E-state index is 0.413. The third kappa shape index (κ3) is 3.89. The normalized spacial score (nSPS) is 10.7. The zero-order valence-corrected chi connectivity index (χ0v) is 16.3. The van der Waals surface area contributed by atoms with Crippen molar-refractivity contribution in [2.45, 2.75) is 13.8 Å². The molecule has 2 aromatic heterocycles. The predicted octanol–water partition coefficient (Wildman–Crippen LogP) is 4.80. The van der Waals surface area contributed by atoms with Gasteiger partial charge in [0.2, 0.25) is 0 Å². The Bertz CT molecular complexity index is 1160. The van der Waals surface area contributed by atoms with E-state index in [0.717, 1.165) is 33.7 Å². The number of hydrogen-bond donors (Lipinski definition) is 3. The van der Waals surface area contributed by atoms with Crippen molar-refractivity contribution >= 4 is 39.6 Å². The van der Waals surface area contributed by atoms with Crippen molar-refractivity contribution in [1.82, 2.24) is 15.0 Å². The molecule has 0 amide bonds. The van der Waals surface area contributed by atoms with Crippen molar-refractivity contribution in [1.29, 1.82) is 0 Å². The summed E-state index contributed by atoms with van der Waals surface area (Å²) in [6.45, 7) is 4.48. The molecular formula is C22H22N6O. The van der Waals surface area contributed by atoms with E-state index in [4.69, 9.17) is 10.5 Å². The Hall–Kier alpha value is -3.87. The van der Waals surface area contributed by atoms with Gasteiger partial charge in [0.05, 0.1) is 17.8 Å². The van der Waals surface area contributed by atoms with Gasteiger partial charge in [0.25, 0.3) is 0 Å². The van der Waals surface area contributed by atoms with E-state index in [9.17, 15) is 0 Å². The van der Waals surface area contributed by atoms with Crippen molar-refractivity contribution in [2.24, 2.45) is 0 Å². The summed E-state index contributed by atoms with van der Waals surface area (Å²) in [5.74, 6) is 1.76. The topological polar surface area (TPSA) is 98.0 Å². The quantitative estimate of drug-likeness (QED) is 0.438. The number of hydrogen-bond acceptors (Lipinski definition) is 7. The number of benzene rings is 2. The smallest absolute Gasteiger partial charge is 0.159 e. The van der Waals surface area contributed by atoms with Crippen LogP contribution in [0, 0.1) is 6.92 Å². The van der Waals surface area contributed by atoms with Crippen LogP contribution in [0.25, 0.3) is 10.9 Å². The summed E-state index contributed by atoms with van der Waals surface area (Å²) in [5, 5.41) is 7.55. The van der Waals surface area contributed by atoms with Gasteiger partial charge >= 0.3 is 0 Å². The summed E-state index contributed by atoms with van der Waals surface area (Å²) in [6, 6.07) is 17.6. The molecule has 7 nitrogen and oxygen atoms in total. The van der Waals surface area contributed by atoms with Crippen LogP contribution in [0.3, 0.4) is 0 Å². The molecule has 0 fully saturated rings. The van der Waals surface area contributed by atoms with Gasteiger partial charge in [-0.2, -0.15) is 0 Å². The predicted molar refractivity (Wildman–Crippen MR) is 117 cm³/mol. The summed E-state index contributed by atoms with van der Waals surface area (Å²) < 4.78 is 5.66. The summed E-state index contributed by atoms with van der Waals surface area (Å²) in [6.07, 6.45) is 1.47. The van der Waals surface area contributed by atoms with Gasteiger partial charge in [-0.05, 0) is 50.2 Å². The van der Waals surface area contributed by atoms with Crippen molar-refractivity contribution in [2.75, 3.05) is 23.0 Å². The van der Waals surface area contributed by atoms with Crippen LogP contribution in [-0.4, -0.2) is 21.6 Å². The number of nitrogen functional groups attached to an aromatic ring is 1. The van der Waals surface area contributed by atoms with E-state index in [1.165, 1.54) is 6.33 Å². The fourth-order valence-corrected chi connectivity index (χ4v) is 3.07. The Morgan fingerprint density at radius 3 is 2.41 bits per heavy atom. The van der Waals surface area contributed by atoms with Gasteiger partial charge in [-0.1, -0.05) is 18.2 Å². The fourth-order valence-electron chi connectivity index (χ4n) is 3.07. The second-order valence-electron chi connectivity index (χ2n) is 6.49. The van der Waals surface area contributed by atoms with Gasteiger partial charge in [-0.25, -0.2) is 9.97 Å². The third-order valence-corrected chi connectivity index (χ3v) is 4.45. The lowest BCUT2D eigenvalue weighted by atomic mass is 10.1. The summed E-state index contributed by atoms with van der Waals surface area (Å²) in [4.78, 5) is 13.2. The molecule has 0 aliphatic rings. The molecule has 0 spiro atoms. The SMILES string of the molecule is CCOc1ccccc1Nc1ncnc(Nc2cccc3nc(C)ccc23)c1N. The number of anilines is 5. The second kappa shape index (κ2) is 8.02. The molecule has 4 rings (SSSR count). The number of ether oxygens (including phenoxy) is 1. The van der Waals surface area contributed by atoms with Crippen LogP contribution < -0.4 is 21.1 Å². The van der Waals surface area contributed by atoms with Crippen LogP contribution in [0.2, 0.25) is 0 Å². The lowest BCUT2D eigenvalue weighted by Crippen LogP contribution is -2.06. The standard InChI is InChI=1S/C22H22N6O/c1-3-29-19-10-5-4-7-18(19)28-22-20(23)21(24-13-25-22)27-17-9-6-8-16-15(17)12-11-14(2)26-16/h4-13H,3,23H2,1-2H3,(H2,24,25,27,28). The molecule has 0 saturated heterocycles. The fraction of sp³-hybridized carbons (Fsp3) is 0.136. The van der Waals surface area contributed by atoms with E-state index in [-0.39, 0.29) is 0 Å². The molecule has 0 aliphatic carbocycles. The van der Waals surface area contributed by atoms with Crippen LogP contribution in [0.4, 0.5) is 28.7 Å². The van der Waals surface area contributed by atoms with E-state index >= 15 is 0 Å². The van der Waals surface area contributed by atoms with Crippen LogP contribution in [0.1, 0.15) is 12.6 Å². The molecule has 146 valence electrons. The monoisotopic (exact) mass is 386 g/mol. The first-order chi connectivity index (χ1) is 14.2.